The maximum atomic E-state index is 12.5. The Bertz CT molecular complexity index is 1220. The third kappa shape index (κ3) is 6.70. The molecule has 3 aromatic rings. The van der Waals surface area contributed by atoms with Crippen molar-refractivity contribution < 1.29 is 28.9 Å². The van der Waals surface area contributed by atoms with Gasteiger partial charge in [-0.15, -0.1) is 0 Å². The number of hydrogen-bond acceptors (Lipinski definition) is 6. The summed E-state index contributed by atoms with van der Waals surface area (Å²) in [5.74, 6) is 0.0604. The molecule has 2 aromatic carbocycles. The van der Waals surface area contributed by atoms with Crippen LogP contribution in [0.15, 0.2) is 54.7 Å². The molecule has 0 saturated heterocycles. The zero-order valence-electron chi connectivity index (χ0n) is 19.1. The van der Waals surface area contributed by atoms with Gasteiger partial charge in [-0.3, -0.25) is 9.59 Å². The van der Waals surface area contributed by atoms with E-state index in [-0.39, 0.29) is 40.5 Å². The summed E-state index contributed by atoms with van der Waals surface area (Å²) in [6, 6.07) is 13.6. The molecule has 1 aliphatic heterocycles. The van der Waals surface area contributed by atoms with Crippen LogP contribution in [0.4, 0.5) is 0 Å². The van der Waals surface area contributed by atoms with Crippen molar-refractivity contribution >= 4 is 53.0 Å². The van der Waals surface area contributed by atoms with E-state index in [1.807, 2.05) is 19.1 Å². The summed E-state index contributed by atoms with van der Waals surface area (Å²) in [4.78, 5) is 28.2. The second-order valence-corrected chi connectivity index (χ2v) is 8.29. The summed E-state index contributed by atoms with van der Waals surface area (Å²) in [5, 5.41) is 12.6. The Morgan fingerprint density at radius 2 is 2.00 bits per heavy atom. The number of carboxylic acid groups (broad SMARTS) is 1. The minimum absolute atomic E-state index is 0. The van der Waals surface area contributed by atoms with Crippen LogP contribution in [0, 0.1) is 0 Å². The first kappa shape index (κ1) is 27.8. The van der Waals surface area contributed by atoms with Gasteiger partial charge in [0.05, 0.1) is 24.2 Å². The van der Waals surface area contributed by atoms with Crippen molar-refractivity contribution in [3.63, 3.8) is 0 Å². The Kier molecular flexibility index (Phi) is 10.0. The molecule has 1 aromatic heterocycles. The number of rotatable bonds is 9. The molecule has 0 spiro atoms. The van der Waals surface area contributed by atoms with Crippen LogP contribution < -0.4 is 19.5 Å². The van der Waals surface area contributed by atoms with Gasteiger partial charge in [0.25, 0.3) is 5.91 Å². The van der Waals surface area contributed by atoms with Gasteiger partial charge in [0.15, 0.2) is 0 Å². The van der Waals surface area contributed by atoms with E-state index in [2.05, 4.69) is 10.3 Å². The third-order valence-electron chi connectivity index (χ3n) is 5.56. The molecule has 8 nitrogen and oxygen atoms in total. The first-order valence-electron chi connectivity index (χ1n) is 11.3. The number of nitrogens with one attached hydrogen (secondary N) is 1. The van der Waals surface area contributed by atoms with Crippen LogP contribution in [0.25, 0.3) is 0 Å². The fraction of sp³-hybridized carbons (Fsp3) is 0.269. The Morgan fingerprint density at radius 3 is 2.72 bits per heavy atom. The molecule has 1 atom stereocenters. The first-order chi connectivity index (χ1) is 17.0. The number of hydrogen-bond donors (Lipinski definition) is 2. The number of carbonyl (C=O) groups excluding carboxylic acids is 1. The topological polar surface area (TPSA) is 107 Å². The number of amides is 1. The standard InChI is InChI=1S/C26H25ClN2O6.Na.H/c1-2-33-25-17(4-3-11-29-25)9-12-28-24(30)16-5-7-18(8-6-16)35-23-15-22-20(14-21(23)27)19(26(31)32)10-13-34-22;;/h3-8,11,14-15,19H,2,9-10,12-13H2,1H3,(H,28,30)(H,31,32);;. The van der Waals surface area contributed by atoms with Crippen LogP contribution in [0.2, 0.25) is 5.02 Å². The molecule has 0 saturated carbocycles. The van der Waals surface area contributed by atoms with E-state index in [0.29, 0.717) is 66.9 Å². The second kappa shape index (κ2) is 13.0. The molecular formula is C26H26ClN2NaO6. The van der Waals surface area contributed by atoms with Crippen molar-refractivity contribution in [2.75, 3.05) is 19.8 Å². The van der Waals surface area contributed by atoms with Crippen molar-refractivity contribution in [2.45, 2.75) is 25.7 Å². The molecule has 4 rings (SSSR count). The van der Waals surface area contributed by atoms with Gasteiger partial charge in [0.2, 0.25) is 5.88 Å². The number of halogens is 1. The molecule has 0 radical (unpaired) electrons. The number of fused-ring (bicyclic) bond motifs is 1. The number of nitrogens with zero attached hydrogens (tertiary/aromatic N) is 1. The molecule has 0 bridgehead atoms. The monoisotopic (exact) mass is 520 g/mol. The predicted octanol–water partition coefficient (Wildman–Crippen LogP) is 4.20. The quantitative estimate of drug-likeness (QED) is 0.407. The average Bonchev–Trinajstić information content (AvgIpc) is 2.85. The normalized spacial score (nSPS) is 14.0. The van der Waals surface area contributed by atoms with Gasteiger partial charge in [-0.05, 0) is 56.2 Å². The second-order valence-electron chi connectivity index (χ2n) is 7.88. The van der Waals surface area contributed by atoms with Crippen LogP contribution >= 0.6 is 11.6 Å². The molecule has 10 heteroatoms. The van der Waals surface area contributed by atoms with Crippen molar-refractivity contribution in [1.29, 1.82) is 0 Å². The third-order valence-corrected chi connectivity index (χ3v) is 5.85. The van der Waals surface area contributed by atoms with E-state index in [1.54, 1.807) is 42.6 Å². The van der Waals surface area contributed by atoms with Crippen molar-refractivity contribution in [3.8, 4) is 23.1 Å². The zero-order chi connectivity index (χ0) is 24.8. The van der Waals surface area contributed by atoms with Gasteiger partial charge in [-0.1, -0.05) is 17.7 Å². The van der Waals surface area contributed by atoms with E-state index in [0.717, 1.165) is 5.56 Å². The Hall–Kier alpha value is -2.78. The average molecular weight is 521 g/mol. The number of ether oxygens (including phenoxy) is 3. The SMILES string of the molecule is CCOc1ncccc1CCNC(=O)c1ccc(Oc2cc3c(cc2Cl)C(C(=O)O)CCO3)cc1.[NaH]. The van der Waals surface area contributed by atoms with Crippen LogP contribution in [-0.2, 0) is 11.2 Å². The maximum absolute atomic E-state index is 12.5. The van der Waals surface area contributed by atoms with Crippen LogP contribution in [0.5, 0.6) is 23.1 Å². The van der Waals surface area contributed by atoms with Crippen LogP contribution in [-0.4, -0.2) is 71.3 Å². The van der Waals surface area contributed by atoms with Crippen LogP contribution in [0.3, 0.4) is 0 Å². The van der Waals surface area contributed by atoms with Gasteiger partial charge in [0, 0.05) is 35.5 Å². The Morgan fingerprint density at radius 1 is 1.22 bits per heavy atom. The van der Waals surface area contributed by atoms with Gasteiger partial charge < -0.3 is 24.6 Å². The first-order valence-corrected chi connectivity index (χ1v) is 11.7. The molecule has 1 aliphatic rings. The molecule has 36 heavy (non-hydrogen) atoms. The van der Waals surface area contributed by atoms with Crippen molar-refractivity contribution in [3.05, 3.63) is 76.4 Å². The number of carboxylic acids is 1. The summed E-state index contributed by atoms with van der Waals surface area (Å²) < 4.78 is 17.0. The molecule has 1 amide bonds. The summed E-state index contributed by atoms with van der Waals surface area (Å²) in [6.07, 6.45) is 2.66. The fourth-order valence-electron chi connectivity index (χ4n) is 3.82. The number of aromatic nitrogens is 1. The van der Waals surface area contributed by atoms with Gasteiger partial charge >= 0.3 is 35.5 Å². The molecule has 2 N–H and O–H groups in total. The molecule has 2 heterocycles. The number of benzene rings is 2. The Balaban J connectivity index is 0.00000361. The van der Waals surface area contributed by atoms with Crippen LogP contribution in [0.1, 0.15) is 40.7 Å². The van der Waals surface area contributed by atoms with E-state index in [9.17, 15) is 14.7 Å². The number of carbonyl (C=O) groups is 2. The summed E-state index contributed by atoms with van der Waals surface area (Å²) in [5.41, 5.74) is 1.95. The van der Waals surface area contributed by atoms with E-state index >= 15 is 0 Å². The summed E-state index contributed by atoms with van der Waals surface area (Å²) in [7, 11) is 0. The predicted molar refractivity (Wildman–Crippen MR) is 137 cm³/mol. The molecule has 184 valence electrons. The molecule has 1 unspecified atom stereocenters. The molecule has 0 aliphatic carbocycles. The van der Waals surface area contributed by atoms with Crippen molar-refractivity contribution in [2.24, 2.45) is 0 Å². The van der Waals surface area contributed by atoms with E-state index in [4.69, 9.17) is 25.8 Å². The summed E-state index contributed by atoms with van der Waals surface area (Å²) in [6.45, 7) is 3.17. The van der Waals surface area contributed by atoms with E-state index < -0.39 is 11.9 Å². The minimum atomic E-state index is -0.914. The molecular weight excluding hydrogens is 495 g/mol. The fourth-order valence-corrected chi connectivity index (χ4v) is 4.03. The zero-order valence-corrected chi connectivity index (χ0v) is 19.9. The van der Waals surface area contributed by atoms with E-state index in [1.165, 1.54) is 0 Å². The van der Waals surface area contributed by atoms with Gasteiger partial charge in [0.1, 0.15) is 17.2 Å². The molecule has 0 fully saturated rings. The van der Waals surface area contributed by atoms with Gasteiger partial charge in [-0.25, -0.2) is 4.98 Å². The van der Waals surface area contributed by atoms with Gasteiger partial charge in [-0.2, -0.15) is 0 Å². The van der Waals surface area contributed by atoms with Crippen molar-refractivity contribution in [1.82, 2.24) is 10.3 Å². The Labute approximate surface area is 236 Å². The number of pyridine rings is 1. The summed E-state index contributed by atoms with van der Waals surface area (Å²) >= 11 is 6.35. The number of aliphatic carboxylic acids is 1.